The van der Waals surface area contributed by atoms with Crippen LogP contribution in [0.3, 0.4) is 0 Å². The van der Waals surface area contributed by atoms with Gasteiger partial charge in [-0.2, -0.15) is 0 Å². The molecule has 0 aliphatic rings. The number of unbranched alkanes of at least 4 members (excludes halogenated alkanes) is 3. The van der Waals surface area contributed by atoms with Crippen molar-refractivity contribution in [1.29, 1.82) is 0 Å². The van der Waals surface area contributed by atoms with E-state index in [1.165, 1.54) is 0 Å². The number of carbonyl (C=O) groups is 2. The van der Waals surface area contributed by atoms with Gasteiger partial charge in [-0.25, -0.2) is 0 Å². The smallest absolute Gasteiger partial charge is 0.303 e. The molecule has 0 saturated carbocycles. The van der Waals surface area contributed by atoms with Gasteiger partial charge in [-0.1, -0.05) is 12.8 Å². The average molecular weight is 216 g/mol. The topological polar surface area (TPSA) is 106 Å². The number of rotatable bonds is 9. The van der Waals surface area contributed by atoms with Gasteiger partial charge in [0.25, 0.3) is 0 Å². The summed E-state index contributed by atoms with van der Waals surface area (Å²) >= 11 is 0. The monoisotopic (exact) mass is 216 g/mol. The first-order valence-electron chi connectivity index (χ1n) is 5.28. The molecule has 5 heteroatoms. The molecule has 1 unspecified atom stereocenters. The van der Waals surface area contributed by atoms with Crippen LogP contribution in [0.4, 0.5) is 0 Å². The maximum atomic E-state index is 11.2. The first-order chi connectivity index (χ1) is 7.07. The molecule has 5 nitrogen and oxygen atoms in total. The molecule has 15 heavy (non-hydrogen) atoms. The lowest BCUT2D eigenvalue weighted by Crippen LogP contribution is -2.37. The van der Waals surface area contributed by atoms with Crippen LogP contribution in [0.15, 0.2) is 0 Å². The summed E-state index contributed by atoms with van der Waals surface area (Å²) in [7, 11) is 0. The van der Waals surface area contributed by atoms with Crippen LogP contribution in [-0.2, 0) is 9.59 Å². The lowest BCUT2D eigenvalue weighted by Gasteiger charge is -2.06. The maximum absolute atomic E-state index is 11.2. The third kappa shape index (κ3) is 8.08. The standard InChI is InChI=1S/C10H20N2O3/c11-7-8(12)9(13)5-3-1-2-4-6-10(14)15/h8H,1-7,11-12H2,(H,14,15). The summed E-state index contributed by atoms with van der Waals surface area (Å²) in [5, 5.41) is 8.38. The van der Waals surface area contributed by atoms with Crippen molar-refractivity contribution in [2.75, 3.05) is 6.54 Å². The summed E-state index contributed by atoms with van der Waals surface area (Å²) in [5.41, 5.74) is 10.7. The highest BCUT2D eigenvalue weighted by Crippen LogP contribution is 2.06. The van der Waals surface area contributed by atoms with E-state index in [-0.39, 0.29) is 18.7 Å². The van der Waals surface area contributed by atoms with Crippen molar-refractivity contribution in [3.8, 4) is 0 Å². The second-order valence-electron chi connectivity index (χ2n) is 3.62. The zero-order valence-corrected chi connectivity index (χ0v) is 8.95. The highest BCUT2D eigenvalue weighted by molar-refractivity contribution is 5.83. The molecule has 88 valence electrons. The van der Waals surface area contributed by atoms with Crippen LogP contribution in [0.1, 0.15) is 38.5 Å². The summed E-state index contributed by atoms with van der Waals surface area (Å²) in [5.74, 6) is -0.771. The summed E-state index contributed by atoms with van der Waals surface area (Å²) in [6.07, 6.45) is 3.81. The highest BCUT2D eigenvalue weighted by atomic mass is 16.4. The number of hydrogen-bond acceptors (Lipinski definition) is 4. The van der Waals surface area contributed by atoms with Crippen molar-refractivity contribution in [2.45, 2.75) is 44.6 Å². The third-order valence-electron chi connectivity index (χ3n) is 2.23. The molecular formula is C10H20N2O3. The van der Waals surface area contributed by atoms with E-state index in [0.717, 1.165) is 19.3 Å². The van der Waals surface area contributed by atoms with Gasteiger partial charge in [-0.3, -0.25) is 9.59 Å². The molecule has 0 fully saturated rings. The molecule has 0 heterocycles. The van der Waals surface area contributed by atoms with E-state index in [1.807, 2.05) is 0 Å². The number of carboxylic acid groups (broad SMARTS) is 1. The van der Waals surface area contributed by atoms with Crippen LogP contribution >= 0.6 is 0 Å². The zero-order valence-electron chi connectivity index (χ0n) is 8.95. The predicted octanol–water partition coefficient (Wildman–Crippen LogP) is 0.267. The van der Waals surface area contributed by atoms with E-state index in [4.69, 9.17) is 16.6 Å². The Morgan fingerprint density at radius 2 is 1.60 bits per heavy atom. The van der Waals surface area contributed by atoms with Crippen molar-refractivity contribution in [3.63, 3.8) is 0 Å². The van der Waals surface area contributed by atoms with Crippen LogP contribution in [0, 0.1) is 0 Å². The van der Waals surface area contributed by atoms with E-state index >= 15 is 0 Å². The fraction of sp³-hybridized carbons (Fsp3) is 0.800. The second-order valence-corrected chi connectivity index (χ2v) is 3.62. The van der Waals surface area contributed by atoms with Crippen LogP contribution in [-0.4, -0.2) is 29.4 Å². The molecular weight excluding hydrogens is 196 g/mol. The number of Topliss-reactive ketones (excluding diaryl/α,β-unsaturated/α-hetero) is 1. The molecule has 0 radical (unpaired) electrons. The Bertz CT molecular complexity index is 207. The highest BCUT2D eigenvalue weighted by Gasteiger charge is 2.10. The van der Waals surface area contributed by atoms with Crippen LogP contribution in [0.2, 0.25) is 0 Å². The second kappa shape index (κ2) is 8.38. The summed E-state index contributed by atoms with van der Waals surface area (Å²) < 4.78 is 0. The minimum Gasteiger partial charge on any atom is -0.481 e. The molecule has 0 aliphatic heterocycles. The van der Waals surface area contributed by atoms with E-state index in [9.17, 15) is 9.59 Å². The van der Waals surface area contributed by atoms with Gasteiger partial charge in [0.1, 0.15) is 0 Å². The van der Waals surface area contributed by atoms with Gasteiger partial charge < -0.3 is 16.6 Å². The molecule has 0 aromatic rings. The summed E-state index contributed by atoms with van der Waals surface area (Å²) in [6.45, 7) is 0.192. The maximum Gasteiger partial charge on any atom is 0.303 e. The van der Waals surface area contributed by atoms with Gasteiger partial charge >= 0.3 is 5.97 Å². The molecule has 0 aliphatic carbocycles. The average Bonchev–Trinajstić information content (AvgIpc) is 2.21. The largest absolute Gasteiger partial charge is 0.481 e. The van der Waals surface area contributed by atoms with E-state index in [1.54, 1.807) is 0 Å². The first kappa shape index (κ1) is 14.1. The lowest BCUT2D eigenvalue weighted by atomic mass is 10.0. The van der Waals surface area contributed by atoms with Crippen LogP contribution in [0.25, 0.3) is 0 Å². The lowest BCUT2D eigenvalue weighted by molar-refractivity contribution is -0.137. The third-order valence-corrected chi connectivity index (χ3v) is 2.23. The number of nitrogens with two attached hydrogens (primary N) is 2. The van der Waals surface area contributed by atoms with E-state index < -0.39 is 12.0 Å². The number of hydrogen-bond donors (Lipinski definition) is 3. The predicted molar refractivity (Wildman–Crippen MR) is 57.4 cm³/mol. The van der Waals surface area contributed by atoms with Crippen molar-refractivity contribution < 1.29 is 14.7 Å². The molecule has 5 N–H and O–H groups in total. The zero-order chi connectivity index (χ0) is 11.7. The Balaban J connectivity index is 3.31. The number of aliphatic carboxylic acids is 1. The molecule has 0 bridgehead atoms. The molecule has 0 aromatic carbocycles. The fourth-order valence-electron chi connectivity index (χ4n) is 1.25. The van der Waals surface area contributed by atoms with E-state index in [0.29, 0.717) is 12.8 Å². The normalized spacial score (nSPS) is 12.4. The molecule has 0 saturated heterocycles. The molecule has 0 spiro atoms. The number of ketones is 1. The van der Waals surface area contributed by atoms with Gasteiger partial charge in [0.05, 0.1) is 6.04 Å². The Kier molecular flexibility index (Phi) is 7.85. The van der Waals surface area contributed by atoms with Gasteiger partial charge in [-0.05, 0) is 12.8 Å². The Morgan fingerprint density at radius 1 is 1.07 bits per heavy atom. The van der Waals surface area contributed by atoms with Crippen LogP contribution < -0.4 is 11.5 Å². The van der Waals surface area contributed by atoms with E-state index in [2.05, 4.69) is 0 Å². The van der Waals surface area contributed by atoms with Gasteiger partial charge in [0, 0.05) is 19.4 Å². The van der Waals surface area contributed by atoms with Crippen LogP contribution in [0.5, 0.6) is 0 Å². The molecule has 1 atom stereocenters. The number of carbonyl (C=O) groups excluding carboxylic acids is 1. The van der Waals surface area contributed by atoms with Crippen molar-refractivity contribution in [1.82, 2.24) is 0 Å². The number of carboxylic acids is 1. The molecule has 0 rings (SSSR count). The minimum atomic E-state index is -0.767. The summed E-state index contributed by atoms with van der Waals surface area (Å²) in [6, 6.07) is -0.538. The SMILES string of the molecule is NCC(N)C(=O)CCCCCCC(=O)O. The van der Waals surface area contributed by atoms with Gasteiger partial charge in [0.15, 0.2) is 5.78 Å². The quantitative estimate of drug-likeness (QED) is 0.479. The molecule has 0 aromatic heterocycles. The molecule has 0 amide bonds. The Hall–Kier alpha value is -0.940. The minimum absolute atomic E-state index is 0.00395. The van der Waals surface area contributed by atoms with Gasteiger partial charge in [0.2, 0.25) is 0 Å². The Labute approximate surface area is 89.8 Å². The first-order valence-corrected chi connectivity index (χ1v) is 5.28. The van der Waals surface area contributed by atoms with Crippen molar-refractivity contribution in [3.05, 3.63) is 0 Å². The van der Waals surface area contributed by atoms with Crippen molar-refractivity contribution in [2.24, 2.45) is 11.5 Å². The summed E-state index contributed by atoms with van der Waals surface area (Å²) in [4.78, 5) is 21.4. The van der Waals surface area contributed by atoms with Crippen molar-refractivity contribution >= 4 is 11.8 Å². The fourth-order valence-corrected chi connectivity index (χ4v) is 1.25. The van der Waals surface area contributed by atoms with Gasteiger partial charge in [-0.15, -0.1) is 0 Å². The Morgan fingerprint density at radius 3 is 2.07 bits per heavy atom.